The molecule has 2 aromatic carbocycles. The molecular weight excluding hydrogens is 380 g/mol. The van der Waals surface area contributed by atoms with E-state index in [-0.39, 0.29) is 12.5 Å². The maximum absolute atomic E-state index is 13.0. The third-order valence-electron chi connectivity index (χ3n) is 4.86. The van der Waals surface area contributed by atoms with Gasteiger partial charge in [-0.15, -0.1) is 0 Å². The van der Waals surface area contributed by atoms with Gasteiger partial charge < -0.3 is 14.8 Å². The van der Waals surface area contributed by atoms with Gasteiger partial charge in [-0.2, -0.15) is 0 Å². The van der Waals surface area contributed by atoms with Crippen molar-refractivity contribution in [3.05, 3.63) is 58.6 Å². The summed E-state index contributed by atoms with van der Waals surface area (Å²) >= 11 is 5.84. The fourth-order valence-corrected chi connectivity index (χ4v) is 3.35. The molecule has 3 amide bonds. The van der Waals surface area contributed by atoms with E-state index < -0.39 is 11.6 Å². The molecule has 1 N–H and O–H groups in total. The van der Waals surface area contributed by atoms with Gasteiger partial charge in [-0.05, 0) is 67.8 Å². The summed E-state index contributed by atoms with van der Waals surface area (Å²) in [5.74, 6) is 1.16. The summed E-state index contributed by atoms with van der Waals surface area (Å²) in [5.41, 5.74) is 0.535. The zero-order valence-electron chi connectivity index (χ0n) is 16.1. The van der Waals surface area contributed by atoms with Crippen LogP contribution in [0, 0.1) is 6.92 Å². The molecule has 0 aliphatic carbocycles. The highest BCUT2D eigenvalue weighted by atomic mass is 35.5. The van der Waals surface area contributed by atoms with Crippen LogP contribution in [0.2, 0.25) is 5.02 Å². The first-order valence-corrected chi connectivity index (χ1v) is 9.40. The Morgan fingerprint density at radius 3 is 2.50 bits per heavy atom. The maximum Gasteiger partial charge on any atom is 0.325 e. The highest BCUT2D eigenvalue weighted by molar-refractivity contribution is 6.30. The first-order chi connectivity index (χ1) is 13.3. The molecule has 1 fully saturated rings. The average molecular weight is 403 g/mol. The van der Waals surface area contributed by atoms with Gasteiger partial charge in [0.1, 0.15) is 17.0 Å². The third kappa shape index (κ3) is 3.92. The van der Waals surface area contributed by atoms with Crippen LogP contribution in [0.5, 0.6) is 11.5 Å². The van der Waals surface area contributed by atoms with Crippen LogP contribution in [0.25, 0.3) is 0 Å². The second kappa shape index (κ2) is 8.10. The van der Waals surface area contributed by atoms with E-state index in [1.165, 1.54) is 4.90 Å². The van der Waals surface area contributed by atoms with Gasteiger partial charge in [0.15, 0.2) is 0 Å². The number of methoxy groups -OCH3 is 1. The quantitative estimate of drug-likeness (QED) is 0.563. The number of rotatable bonds is 7. The predicted octanol–water partition coefficient (Wildman–Crippen LogP) is 3.89. The second-order valence-corrected chi connectivity index (χ2v) is 7.29. The highest BCUT2D eigenvalue weighted by Gasteiger charge is 2.48. The van der Waals surface area contributed by atoms with Crippen molar-refractivity contribution in [2.45, 2.75) is 25.8 Å². The van der Waals surface area contributed by atoms with Gasteiger partial charge in [0.2, 0.25) is 0 Å². The van der Waals surface area contributed by atoms with Gasteiger partial charge in [-0.1, -0.05) is 17.7 Å². The lowest BCUT2D eigenvalue weighted by Crippen LogP contribution is -2.41. The van der Waals surface area contributed by atoms with Crippen LogP contribution in [0.4, 0.5) is 4.79 Å². The number of hydrogen-bond donors (Lipinski definition) is 1. The van der Waals surface area contributed by atoms with Crippen molar-refractivity contribution in [3.63, 3.8) is 0 Å². The molecule has 0 radical (unpaired) electrons. The van der Waals surface area contributed by atoms with Gasteiger partial charge in [-0.3, -0.25) is 9.69 Å². The zero-order valence-corrected chi connectivity index (χ0v) is 16.9. The summed E-state index contributed by atoms with van der Waals surface area (Å²) in [7, 11) is 1.60. The van der Waals surface area contributed by atoms with E-state index >= 15 is 0 Å². The molecule has 0 saturated carbocycles. The number of benzene rings is 2. The number of amides is 3. The molecule has 0 bridgehead atoms. The molecule has 1 saturated heterocycles. The Morgan fingerprint density at radius 1 is 1.14 bits per heavy atom. The number of urea groups is 1. The Kier molecular flexibility index (Phi) is 5.79. The minimum absolute atomic E-state index is 0.270. The Morgan fingerprint density at radius 2 is 1.86 bits per heavy atom. The van der Waals surface area contributed by atoms with Gasteiger partial charge in [-0.25, -0.2) is 4.79 Å². The van der Waals surface area contributed by atoms with E-state index in [1.54, 1.807) is 50.4 Å². The molecule has 3 rings (SSSR count). The number of nitrogens with zero attached hydrogens (tertiary/aromatic N) is 1. The minimum Gasteiger partial charge on any atom is -0.496 e. The Bertz CT molecular complexity index is 884. The number of hydrogen-bond acceptors (Lipinski definition) is 4. The Labute approximate surface area is 169 Å². The van der Waals surface area contributed by atoms with E-state index in [2.05, 4.69) is 5.32 Å². The second-order valence-electron chi connectivity index (χ2n) is 6.85. The summed E-state index contributed by atoms with van der Waals surface area (Å²) < 4.78 is 10.9. The van der Waals surface area contributed by atoms with Crippen molar-refractivity contribution in [2.75, 3.05) is 20.3 Å². The van der Waals surface area contributed by atoms with Crippen LogP contribution in [-0.2, 0) is 10.3 Å². The molecule has 28 heavy (non-hydrogen) atoms. The molecular formula is C21H23ClN2O4. The number of carbonyl (C=O) groups is 2. The molecule has 1 aliphatic rings. The smallest absolute Gasteiger partial charge is 0.325 e. The van der Waals surface area contributed by atoms with E-state index in [9.17, 15) is 9.59 Å². The van der Waals surface area contributed by atoms with Gasteiger partial charge >= 0.3 is 6.03 Å². The lowest BCUT2D eigenvalue weighted by atomic mass is 9.90. The highest BCUT2D eigenvalue weighted by Crippen LogP contribution is 2.31. The predicted molar refractivity (Wildman–Crippen MR) is 107 cm³/mol. The first-order valence-electron chi connectivity index (χ1n) is 9.03. The number of halogens is 1. The molecule has 7 heteroatoms. The zero-order chi connectivity index (χ0) is 20.3. The van der Waals surface area contributed by atoms with E-state index in [0.717, 1.165) is 16.9 Å². The first kappa shape index (κ1) is 20.0. The molecule has 1 heterocycles. The number of nitrogens with one attached hydrogen (secondary N) is 1. The molecule has 0 spiro atoms. The standard InChI is InChI=1S/C21H23ClN2O4/c1-14-13-15(5-10-18(14)27-3)21(2)19(25)24(20(26)23-21)11-4-12-28-17-8-6-16(22)7-9-17/h5-10,13H,4,11-12H2,1-3H3,(H,23,26). The van der Waals surface area contributed by atoms with Gasteiger partial charge in [0.05, 0.1) is 13.7 Å². The van der Waals surface area contributed by atoms with E-state index in [4.69, 9.17) is 21.1 Å². The Balaban J connectivity index is 1.62. The fraction of sp³-hybridized carbons (Fsp3) is 0.333. The average Bonchev–Trinajstić information content (AvgIpc) is 2.90. The van der Waals surface area contributed by atoms with Crippen LogP contribution < -0.4 is 14.8 Å². The molecule has 148 valence electrons. The maximum atomic E-state index is 13.0. The van der Waals surface area contributed by atoms with Crippen LogP contribution in [-0.4, -0.2) is 37.1 Å². The van der Waals surface area contributed by atoms with Crippen molar-refractivity contribution in [2.24, 2.45) is 0 Å². The van der Waals surface area contributed by atoms with Crippen molar-refractivity contribution in [1.82, 2.24) is 10.2 Å². The molecule has 0 aromatic heterocycles. The molecule has 1 unspecified atom stereocenters. The molecule has 1 aliphatic heterocycles. The van der Waals surface area contributed by atoms with E-state index in [1.807, 2.05) is 13.0 Å². The molecule has 1 atom stereocenters. The lowest BCUT2D eigenvalue weighted by Gasteiger charge is -2.23. The van der Waals surface area contributed by atoms with Gasteiger partial charge in [0.25, 0.3) is 5.91 Å². The minimum atomic E-state index is -1.09. The fourth-order valence-electron chi connectivity index (χ4n) is 3.23. The van der Waals surface area contributed by atoms with Crippen molar-refractivity contribution in [1.29, 1.82) is 0 Å². The normalized spacial score (nSPS) is 18.9. The largest absolute Gasteiger partial charge is 0.496 e. The summed E-state index contributed by atoms with van der Waals surface area (Å²) in [6, 6.07) is 12.1. The van der Waals surface area contributed by atoms with Gasteiger partial charge in [0, 0.05) is 11.6 Å². The number of carbonyl (C=O) groups excluding carboxylic acids is 2. The van der Waals surface area contributed by atoms with Crippen molar-refractivity contribution >= 4 is 23.5 Å². The van der Waals surface area contributed by atoms with Crippen molar-refractivity contribution < 1.29 is 19.1 Å². The van der Waals surface area contributed by atoms with Crippen LogP contribution >= 0.6 is 11.6 Å². The number of imide groups is 1. The lowest BCUT2D eigenvalue weighted by molar-refractivity contribution is -0.131. The van der Waals surface area contributed by atoms with E-state index in [0.29, 0.717) is 23.8 Å². The Hall–Kier alpha value is -2.73. The van der Waals surface area contributed by atoms with Crippen LogP contribution in [0.15, 0.2) is 42.5 Å². The van der Waals surface area contributed by atoms with Crippen LogP contribution in [0.1, 0.15) is 24.5 Å². The van der Waals surface area contributed by atoms with Crippen molar-refractivity contribution in [3.8, 4) is 11.5 Å². The summed E-state index contributed by atoms with van der Waals surface area (Å²) in [5, 5.41) is 3.46. The number of ether oxygens (including phenoxy) is 2. The SMILES string of the molecule is COc1ccc(C2(C)NC(=O)N(CCCOc3ccc(Cl)cc3)C2=O)cc1C. The monoisotopic (exact) mass is 402 g/mol. The molecule has 2 aromatic rings. The van der Waals surface area contributed by atoms with Crippen LogP contribution in [0.3, 0.4) is 0 Å². The molecule has 6 nitrogen and oxygen atoms in total. The third-order valence-corrected chi connectivity index (χ3v) is 5.11. The topological polar surface area (TPSA) is 67.9 Å². The summed E-state index contributed by atoms with van der Waals surface area (Å²) in [4.78, 5) is 26.6. The number of aryl methyl sites for hydroxylation is 1. The summed E-state index contributed by atoms with van der Waals surface area (Å²) in [6.45, 7) is 4.29. The summed E-state index contributed by atoms with van der Waals surface area (Å²) in [6.07, 6.45) is 0.527.